The van der Waals surface area contributed by atoms with E-state index < -0.39 is 0 Å². The van der Waals surface area contributed by atoms with Gasteiger partial charge in [-0.2, -0.15) is 0 Å². The van der Waals surface area contributed by atoms with Gasteiger partial charge in [-0.25, -0.2) is 4.79 Å². The van der Waals surface area contributed by atoms with Gasteiger partial charge < -0.3 is 4.74 Å². The number of carbonyl (C=O) groups is 1. The van der Waals surface area contributed by atoms with Crippen molar-refractivity contribution in [3.05, 3.63) is 48.0 Å². The van der Waals surface area contributed by atoms with Crippen molar-refractivity contribution < 1.29 is 9.53 Å². The number of hydrogen-bond acceptors (Lipinski definition) is 2. The molecule has 0 fully saturated rings. The maximum atomic E-state index is 10.7. The van der Waals surface area contributed by atoms with E-state index in [1.54, 1.807) is 0 Å². The first-order chi connectivity index (χ1) is 6.83. The Bertz CT molecular complexity index is 301. The number of rotatable bonds is 4. The number of benzene rings is 1. The number of allylic oxidation sites excluding steroid dienone is 1. The van der Waals surface area contributed by atoms with E-state index in [1.807, 2.05) is 24.3 Å². The first kappa shape index (κ1) is 10.5. The van der Waals surface area contributed by atoms with Crippen LogP contribution in [0.2, 0.25) is 0 Å². The molecule has 0 radical (unpaired) electrons. The van der Waals surface area contributed by atoms with E-state index in [-0.39, 0.29) is 5.97 Å². The number of hydrogen-bond donors (Lipinski definition) is 0. The smallest absolute Gasteiger partial charge is 0.330 e. The Labute approximate surface area is 84.2 Å². The highest BCUT2D eigenvalue weighted by molar-refractivity contribution is 5.81. The Hall–Kier alpha value is -1.57. The summed E-state index contributed by atoms with van der Waals surface area (Å²) in [6.45, 7) is 0. The van der Waals surface area contributed by atoms with Crippen LogP contribution in [0.4, 0.5) is 0 Å². The number of ether oxygens (including phenoxy) is 1. The average Bonchev–Trinajstić information content (AvgIpc) is 2.25. The molecule has 0 aromatic heterocycles. The van der Waals surface area contributed by atoms with Crippen molar-refractivity contribution in [1.82, 2.24) is 0 Å². The topological polar surface area (TPSA) is 26.3 Å². The summed E-state index contributed by atoms with van der Waals surface area (Å²) in [5, 5.41) is 0. The van der Waals surface area contributed by atoms with Crippen molar-refractivity contribution in [1.29, 1.82) is 0 Å². The van der Waals surface area contributed by atoms with Crippen LogP contribution < -0.4 is 0 Å². The Morgan fingerprint density at radius 2 is 2.07 bits per heavy atom. The first-order valence-corrected chi connectivity index (χ1v) is 4.61. The second kappa shape index (κ2) is 5.97. The highest BCUT2D eigenvalue weighted by Crippen LogP contribution is 2.02. The third kappa shape index (κ3) is 3.90. The minimum Gasteiger partial charge on any atom is -0.466 e. The van der Waals surface area contributed by atoms with Crippen molar-refractivity contribution in [3.63, 3.8) is 0 Å². The molecule has 0 saturated carbocycles. The van der Waals surface area contributed by atoms with E-state index in [0.717, 1.165) is 12.8 Å². The molecule has 2 heteroatoms. The fourth-order valence-corrected chi connectivity index (χ4v) is 1.14. The maximum absolute atomic E-state index is 10.7. The third-order valence-electron chi connectivity index (χ3n) is 1.90. The van der Waals surface area contributed by atoms with Crippen molar-refractivity contribution in [2.24, 2.45) is 0 Å². The molecule has 0 unspecified atom stereocenters. The quantitative estimate of drug-likeness (QED) is 0.538. The second-order valence-corrected chi connectivity index (χ2v) is 2.95. The summed E-state index contributed by atoms with van der Waals surface area (Å²) in [6.07, 6.45) is 5.11. The molecule has 1 aromatic carbocycles. The Morgan fingerprint density at radius 3 is 2.71 bits per heavy atom. The molecule has 0 amide bonds. The van der Waals surface area contributed by atoms with Crippen LogP contribution in [0.15, 0.2) is 42.5 Å². The molecule has 1 rings (SSSR count). The van der Waals surface area contributed by atoms with Gasteiger partial charge in [-0.05, 0) is 18.4 Å². The molecular formula is C12H14O2. The normalized spacial score (nSPS) is 10.4. The zero-order valence-electron chi connectivity index (χ0n) is 8.27. The molecule has 2 nitrogen and oxygen atoms in total. The molecule has 0 aliphatic heterocycles. The highest BCUT2D eigenvalue weighted by Gasteiger charge is 1.91. The van der Waals surface area contributed by atoms with Gasteiger partial charge in [-0.15, -0.1) is 0 Å². The molecule has 0 N–H and O–H groups in total. The summed E-state index contributed by atoms with van der Waals surface area (Å²) >= 11 is 0. The Kier molecular flexibility index (Phi) is 4.48. The van der Waals surface area contributed by atoms with E-state index in [4.69, 9.17) is 0 Å². The lowest BCUT2D eigenvalue weighted by Crippen LogP contribution is -1.93. The molecule has 0 heterocycles. The van der Waals surface area contributed by atoms with Crippen LogP contribution in [0.5, 0.6) is 0 Å². The van der Waals surface area contributed by atoms with Gasteiger partial charge in [0.1, 0.15) is 0 Å². The number of carbonyl (C=O) groups excluding carboxylic acids is 1. The number of aryl methyl sites for hydroxylation is 1. The van der Waals surface area contributed by atoms with Crippen molar-refractivity contribution >= 4 is 5.97 Å². The van der Waals surface area contributed by atoms with Gasteiger partial charge in [0.2, 0.25) is 0 Å². The minimum absolute atomic E-state index is 0.293. The van der Waals surface area contributed by atoms with Crippen LogP contribution in [0.25, 0.3) is 0 Å². The maximum Gasteiger partial charge on any atom is 0.330 e. The third-order valence-corrected chi connectivity index (χ3v) is 1.90. The zero-order valence-corrected chi connectivity index (χ0v) is 8.27. The molecule has 1 aromatic rings. The molecule has 74 valence electrons. The van der Waals surface area contributed by atoms with Gasteiger partial charge in [0.15, 0.2) is 0 Å². The Balaban J connectivity index is 2.29. The highest BCUT2D eigenvalue weighted by atomic mass is 16.5. The average molecular weight is 190 g/mol. The summed E-state index contributed by atoms with van der Waals surface area (Å²) < 4.78 is 4.48. The Morgan fingerprint density at radius 1 is 1.36 bits per heavy atom. The van der Waals surface area contributed by atoms with Gasteiger partial charge in [0.25, 0.3) is 0 Å². The lowest BCUT2D eigenvalue weighted by molar-refractivity contribution is -0.134. The molecular weight excluding hydrogens is 176 g/mol. The van der Waals surface area contributed by atoms with E-state index in [0.29, 0.717) is 0 Å². The van der Waals surface area contributed by atoms with E-state index in [1.165, 1.54) is 18.7 Å². The fraction of sp³-hybridized carbons (Fsp3) is 0.250. The predicted octanol–water partition coefficient (Wildman–Crippen LogP) is 2.35. The van der Waals surface area contributed by atoms with E-state index in [9.17, 15) is 4.79 Å². The molecule has 0 spiro atoms. The zero-order chi connectivity index (χ0) is 10.2. The number of methoxy groups -OCH3 is 1. The molecule has 0 atom stereocenters. The summed E-state index contributed by atoms with van der Waals surface area (Å²) in [6, 6.07) is 10.2. The molecule has 14 heavy (non-hydrogen) atoms. The summed E-state index contributed by atoms with van der Waals surface area (Å²) in [5.74, 6) is -0.293. The van der Waals surface area contributed by atoms with Crippen LogP contribution >= 0.6 is 0 Å². The van der Waals surface area contributed by atoms with Gasteiger partial charge in [0.05, 0.1) is 7.11 Å². The van der Waals surface area contributed by atoms with Crippen LogP contribution in [0, 0.1) is 0 Å². The van der Waals surface area contributed by atoms with Crippen molar-refractivity contribution in [2.45, 2.75) is 12.8 Å². The van der Waals surface area contributed by atoms with Crippen LogP contribution in [-0.4, -0.2) is 13.1 Å². The van der Waals surface area contributed by atoms with Gasteiger partial charge in [-0.1, -0.05) is 36.4 Å². The van der Waals surface area contributed by atoms with Crippen LogP contribution in [0.3, 0.4) is 0 Å². The molecule has 0 saturated heterocycles. The van der Waals surface area contributed by atoms with Gasteiger partial charge in [-0.3, -0.25) is 0 Å². The van der Waals surface area contributed by atoms with Gasteiger partial charge in [0, 0.05) is 6.08 Å². The van der Waals surface area contributed by atoms with Gasteiger partial charge >= 0.3 is 5.97 Å². The van der Waals surface area contributed by atoms with Crippen molar-refractivity contribution in [2.75, 3.05) is 7.11 Å². The number of esters is 1. The standard InChI is InChI=1S/C12H14O2/c1-14-12(13)10-6-5-9-11-7-3-2-4-8-11/h2-4,6-8,10H,5,9H2,1H3/b10-6-. The first-order valence-electron chi connectivity index (χ1n) is 4.61. The summed E-state index contributed by atoms with van der Waals surface area (Å²) in [5.41, 5.74) is 1.28. The monoisotopic (exact) mass is 190 g/mol. The second-order valence-electron chi connectivity index (χ2n) is 2.95. The summed E-state index contributed by atoms with van der Waals surface area (Å²) in [4.78, 5) is 10.7. The largest absolute Gasteiger partial charge is 0.466 e. The lowest BCUT2D eigenvalue weighted by atomic mass is 10.1. The lowest BCUT2D eigenvalue weighted by Gasteiger charge is -1.96. The minimum atomic E-state index is -0.293. The van der Waals surface area contributed by atoms with Crippen molar-refractivity contribution in [3.8, 4) is 0 Å². The SMILES string of the molecule is COC(=O)/C=C\CCc1ccccc1. The van der Waals surface area contributed by atoms with Crippen LogP contribution in [-0.2, 0) is 16.0 Å². The van der Waals surface area contributed by atoms with E-state index in [2.05, 4.69) is 16.9 Å². The molecule has 0 aliphatic carbocycles. The molecule has 0 aliphatic rings. The fourth-order valence-electron chi connectivity index (χ4n) is 1.14. The van der Waals surface area contributed by atoms with Crippen LogP contribution in [0.1, 0.15) is 12.0 Å². The predicted molar refractivity (Wildman–Crippen MR) is 55.9 cm³/mol. The van der Waals surface area contributed by atoms with E-state index >= 15 is 0 Å². The summed E-state index contributed by atoms with van der Waals surface area (Å²) in [7, 11) is 1.38. The molecule has 0 bridgehead atoms.